The zero-order valence-corrected chi connectivity index (χ0v) is 5.23. The van der Waals surface area contributed by atoms with Crippen LogP contribution in [0.3, 0.4) is 0 Å². The molecule has 0 aliphatic carbocycles. The first-order chi connectivity index (χ1) is 3.62. The van der Waals surface area contributed by atoms with Crippen LogP contribution in [0.1, 0.15) is 20.3 Å². The molecule has 0 aromatic heterocycles. The molecule has 0 fully saturated rings. The first kappa shape index (κ1) is 7.16. The molecule has 0 unspecified atom stereocenters. The van der Waals surface area contributed by atoms with E-state index in [2.05, 4.69) is 11.0 Å². The van der Waals surface area contributed by atoms with Gasteiger partial charge in [-0.25, -0.2) is 5.53 Å². The summed E-state index contributed by atoms with van der Waals surface area (Å²) in [5, 5.41) is 3.32. The molecular weight excluding hydrogens is 100 g/mol. The zero-order valence-electron chi connectivity index (χ0n) is 5.23. The van der Waals surface area contributed by atoms with E-state index in [1.54, 1.807) is 0 Å². The van der Waals surface area contributed by atoms with Gasteiger partial charge in [-0.2, -0.15) is 5.11 Å². The van der Waals surface area contributed by atoms with Crippen LogP contribution in [0.15, 0.2) is 5.11 Å². The average molecular weight is 110 g/mol. The third-order valence-electron chi connectivity index (χ3n) is 0.837. The maximum atomic E-state index is 6.64. The van der Waals surface area contributed by atoms with Gasteiger partial charge in [0.15, 0.2) is 0 Å². The highest BCUT2D eigenvalue weighted by Crippen LogP contribution is 2.11. The second-order valence-corrected chi connectivity index (χ2v) is 2.31. The van der Waals surface area contributed by atoms with Gasteiger partial charge >= 0.3 is 0 Å². The SMILES string of the molecule is C#CCC(C)(C)N=N. The fourth-order valence-electron chi connectivity index (χ4n) is 0.289. The lowest BCUT2D eigenvalue weighted by molar-refractivity contribution is 0.497. The van der Waals surface area contributed by atoms with E-state index in [-0.39, 0.29) is 5.54 Å². The molecule has 44 valence electrons. The van der Waals surface area contributed by atoms with E-state index in [9.17, 15) is 0 Å². The third-order valence-corrected chi connectivity index (χ3v) is 0.837. The van der Waals surface area contributed by atoms with Crippen molar-refractivity contribution in [2.24, 2.45) is 5.11 Å². The molecule has 1 N–H and O–H groups in total. The molecule has 0 spiro atoms. The van der Waals surface area contributed by atoms with Crippen molar-refractivity contribution in [1.82, 2.24) is 0 Å². The van der Waals surface area contributed by atoms with Crippen LogP contribution in [0.4, 0.5) is 0 Å². The van der Waals surface area contributed by atoms with E-state index in [0.29, 0.717) is 6.42 Å². The number of rotatable bonds is 2. The van der Waals surface area contributed by atoms with Gasteiger partial charge in [0.2, 0.25) is 0 Å². The van der Waals surface area contributed by atoms with E-state index >= 15 is 0 Å². The molecular formula is C6H10N2. The van der Waals surface area contributed by atoms with Gasteiger partial charge in [0, 0.05) is 6.42 Å². The van der Waals surface area contributed by atoms with E-state index in [4.69, 9.17) is 12.0 Å². The molecule has 0 heterocycles. The highest BCUT2D eigenvalue weighted by molar-refractivity contribution is 4.94. The first-order valence-corrected chi connectivity index (χ1v) is 2.44. The Bertz CT molecular complexity index is 119. The monoisotopic (exact) mass is 110 g/mol. The van der Waals surface area contributed by atoms with Crippen molar-refractivity contribution in [1.29, 1.82) is 5.53 Å². The second kappa shape index (κ2) is 2.46. The Morgan fingerprint density at radius 3 is 2.38 bits per heavy atom. The van der Waals surface area contributed by atoms with Crippen LogP contribution >= 0.6 is 0 Å². The predicted octanol–water partition coefficient (Wildman–Crippen LogP) is 1.82. The van der Waals surface area contributed by atoms with Crippen molar-refractivity contribution >= 4 is 0 Å². The number of terminal acetylenes is 1. The number of hydrogen-bond acceptors (Lipinski definition) is 2. The number of nitrogens with zero attached hydrogens (tertiary/aromatic N) is 1. The van der Waals surface area contributed by atoms with E-state index in [1.807, 2.05) is 13.8 Å². The molecule has 2 heteroatoms. The Morgan fingerprint density at radius 2 is 2.25 bits per heavy atom. The van der Waals surface area contributed by atoms with Gasteiger partial charge in [-0.3, -0.25) is 0 Å². The molecule has 0 atom stereocenters. The summed E-state index contributed by atoms with van der Waals surface area (Å²) in [6.45, 7) is 3.67. The molecule has 0 rings (SSSR count). The molecule has 0 radical (unpaired) electrons. The summed E-state index contributed by atoms with van der Waals surface area (Å²) in [4.78, 5) is 0. The van der Waals surface area contributed by atoms with E-state index in [1.165, 1.54) is 0 Å². The minimum absolute atomic E-state index is 0.352. The maximum absolute atomic E-state index is 6.64. The lowest BCUT2D eigenvalue weighted by Gasteiger charge is -2.11. The molecule has 8 heavy (non-hydrogen) atoms. The van der Waals surface area contributed by atoms with Gasteiger partial charge in [-0.05, 0) is 13.8 Å². The zero-order chi connectivity index (χ0) is 6.62. The van der Waals surface area contributed by atoms with Crippen molar-refractivity contribution in [3.05, 3.63) is 0 Å². The van der Waals surface area contributed by atoms with Crippen molar-refractivity contribution < 1.29 is 0 Å². The Morgan fingerprint density at radius 1 is 1.75 bits per heavy atom. The second-order valence-electron chi connectivity index (χ2n) is 2.31. The maximum Gasteiger partial charge on any atom is 0.0865 e. The normalized spacial score (nSPS) is 10.1. The summed E-state index contributed by atoms with van der Waals surface area (Å²) < 4.78 is 0. The van der Waals surface area contributed by atoms with E-state index in [0.717, 1.165) is 0 Å². The number of hydrogen-bond donors (Lipinski definition) is 1. The highest BCUT2D eigenvalue weighted by Gasteiger charge is 2.12. The molecule has 0 aromatic carbocycles. The van der Waals surface area contributed by atoms with E-state index < -0.39 is 0 Å². The van der Waals surface area contributed by atoms with Crippen LogP contribution in [-0.2, 0) is 0 Å². The molecule has 0 aromatic rings. The lowest BCUT2D eigenvalue weighted by Crippen LogP contribution is -2.13. The van der Waals surface area contributed by atoms with Gasteiger partial charge in [-0.1, -0.05) is 0 Å². The molecule has 0 aliphatic rings. The molecule has 0 amide bonds. The molecule has 2 nitrogen and oxygen atoms in total. The van der Waals surface area contributed by atoms with Crippen LogP contribution in [-0.4, -0.2) is 5.54 Å². The van der Waals surface area contributed by atoms with Crippen molar-refractivity contribution in [2.75, 3.05) is 0 Å². The lowest BCUT2D eigenvalue weighted by atomic mass is 10.0. The Kier molecular flexibility index (Phi) is 2.20. The molecule has 0 saturated heterocycles. The summed E-state index contributed by atoms with van der Waals surface area (Å²) in [5.41, 5.74) is 6.29. The number of nitrogens with one attached hydrogen (secondary N) is 1. The van der Waals surface area contributed by atoms with Crippen molar-refractivity contribution in [3.8, 4) is 12.3 Å². The largest absolute Gasteiger partial charge is 0.209 e. The third kappa shape index (κ3) is 2.35. The highest BCUT2D eigenvalue weighted by atomic mass is 15.0. The summed E-state index contributed by atoms with van der Waals surface area (Å²) in [5.74, 6) is 2.45. The molecule has 0 aliphatic heterocycles. The summed E-state index contributed by atoms with van der Waals surface area (Å²) in [6, 6.07) is 0. The van der Waals surface area contributed by atoms with Gasteiger partial charge < -0.3 is 0 Å². The summed E-state index contributed by atoms with van der Waals surface area (Å²) >= 11 is 0. The smallest absolute Gasteiger partial charge is 0.0865 e. The van der Waals surface area contributed by atoms with Crippen LogP contribution in [0, 0.1) is 17.9 Å². The van der Waals surface area contributed by atoms with Crippen LogP contribution < -0.4 is 0 Å². The Balaban J connectivity index is 3.76. The average Bonchev–Trinajstić information content (AvgIpc) is 1.67. The fourth-order valence-corrected chi connectivity index (χ4v) is 0.289. The molecule has 0 bridgehead atoms. The van der Waals surface area contributed by atoms with Crippen LogP contribution in [0.25, 0.3) is 0 Å². The summed E-state index contributed by atoms with van der Waals surface area (Å²) in [7, 11) is 0. The first-order valence-electron chi connectivity index (χ1n) is 2.44. The van der Waals surface area contributed by atoms with Gasteiger partial charge in [0.05, 0.1) is 5.54 Å². The molecule has 0 saturated carbocycles. The fraction of sp³-hybridized carbons (Fsp3) is 0.667. The quantitative estimate of drug-likeness (QED) is 0.416. The van der Waals surface area contributed by atoms with Crippen LogP contribution in [0.2, 0.25) is 0 Å². The van der Waals surface area contributed by atoms with Crippen molar-refractivity contribution in [3.63, 3.8) is 0 Å². The minimum Gasteiger partial charge on any atom is -0.209 e. The van der Waals surface area contributed by atoms with Gasteiger partial charge in [-0.15, -0.1) is 12.3 Å². The van der Waals surface area contributed by atoms with Gasteiger partial charge in [0.1, 0.15) is 0 Å². The summed E-state index contributed by atoms with van der Waals surface area (Å²) in [6.07, 6.45) is 5.54. The predicted molar refractivity (Wildman–Crippen MR) is 32.7 cm³/mol. The van der Waals surface area contributed by atoms with Gasteiger partial charge in [0.25, 0.3) is 0 Å². The van der Waals surface area contributed by atoms with Crippen molar-refractivity contribution in [2.45, 2.75) is 25.8 Å². The topological polar surface area (TPSA) is 36.2 Å². The minimum atomic E-state index is -0.352. The Hall–Kier alpha value is -0.840. The van der Waals surface area contributed by atoms with Crippen LogP contribution in [0.5, 0.6) is 0 Å². The standard InChI is InChI=1S/C6H10N2/c1-4-5-6(2,3)8-7/h1,7H,5H2,2-3H3. The Labute approximate surface area is 49.8 Å².